The normalized spacial score (nSPS) is 16.5. The van der Waals surface area contributed by atoms with Crippen LogP contribution in [0.1, 0.15) is 24.3 Å². The Kier molecular flexibility index (Phi) is 6.12. The van der Waals surface area contributed by atoms with E-state index in [0.29, 0.717) is 6.54 Å². The molecule has 0 unspecified atom stereocenters. The fraction of sp³-hybridized carbons (Fsp3) is 0.500. The standard InChI is InChI=1S/C18H24N4O2S/c1-24-18(6-11-20-12-7-18)17(23)21-8-2-3-16-22-15(13-25-16)14-4-9-19-10-5-14/h4-5,9-10,13,20H,2-3,6-8,11-12H2,1H3,(H,21,23). The van der Waals surface area contributed by atoms with Crippen molar-refractivity contribution in [1.29, 1.82) is 0 Å². The van der Waals surface area contributed by atoms with Crippen LogP contribution < -0.4 is 10.6 Å². The Morgan fingerprint density at radius 3 is 2.84 bits per heavy atom. The van der Waals surface area contributed by atoms with Gasteiger partial charge in [-0.3, -0.25) is 9.78 Å². The van der Waals surface area contributed by atoms with E-state index in [2.05, 4.69) is 26.0 Å². The average Bonchev–Trinajstić information content (AvgIpc) is 3.15. The van der Waals surface area contributed by atoms with Crippen LogP contribution in [0.5, 0.6) is 0 Å². The molecule has 0 atom stereocenters. The van der Waals surface area contributed by atoms with Crippen LogP contribution in [-0.4, -0.2) is 48.2 Å². The second-order valence-corrected chi connectivity index (χ2v) is 7.11. The summed E-state index contributed by atoms with van der Waals surface area (Å²) in [5.74, 6) is 0.00751. The number of amides is 1. The molecule has 0 radical (unpaired) electrons. The number of thiazole rings is 1. The summed E-state index contributed by atoms with van der Waals surface area (Å²) >= 11 is 1.66. The first kappa shape index (κ1) is 18.0. The van der Waals surface area contributed by atoms with Crippen molar-refractivity contribution < 1.29 is 9.53 Å². The van der Waals surface area contributed by atoms with E-state index in [1.54, 1.807) is 30.8 Å². The number of hydrogen-bond donors (Lipinski definition) is 2. The van der Waals surface area contributed by atoms with Crippen LogP contribution in [-0.2, 0) is 16.0 Å². The third kappa shape index (κ3) is 4.42. The summed E-state index contributed by atoms with van der Waals surface area (Å²) in [7, 11) is 1.63. The predicted molar refractivity (Wildman–Crippen MR) is 98.5 cm³/mol. The molecule has 0 aliphatic carbocycles. The van der Waals surface area contributed by atoms with Gasteiger partial charge in [0.1, 0.15) is 5.60 Å². The lowest BCUT2D eigenvalue weighted by molar-refractivity contribution is -0.146. The Bertz CT molecular complexity index is 683. The van der Waals surface area contributed by atoms with Gasteiger partial charge in [-0.25, -0.2) is 4.98 Å². The van der Waals surface area contributed by atoms with E-state index in [-0.39, 0.29) is 5.91 Å². The van der Waals surface area contributed by atoms with Crippen molar-refractivity contribution in [2.45, 2.75) is 31.3 Å². The Hall–Kier alpha value is -1.83. The summed E-state index contributed by atoms with van der Waals surface area (Å²) in [6, 6.07) is 3.92. The molecule has 3 heterocycles. The largest absolute Gasteiger partial charge is 0.368 e. The minimum atomic E-state index is -0.666. The zero-order chi connectivity index (χ0) is 17.5. The van der Waals surface area contributed by atoms with E-state index >= 15 is 0 Å². The van der Waals surface area contributed by atoms with Gasteiger partial charge in [-0.2, -0.15) is 0 Å². The van der Waals surface area contributed by atoms with Crippen LogP contribution in [0.3, 0.4) is 0 Å². The average molecular weight is 360 g/mol. The minimum absolute atomic E-state index is 0.00751. The number of ether oxygens (including phenoxy) is 1. The van der Waals surface area contributed by atoms with Crippen molar-refractivity contribution in [3.05, 3.63) is 34.9 Å². The summed E-state index contributed by atoms with van der Waals surface area (Å²) in [5, 5.41) is 9.45. The Balaban J connectivity index is 1.46. The highest BCUT2D eigenvalue weighted by atomic mass is 32.1. The van der Waals surface area contributed by atoms with Crippen molar-refractivity contribution in [2.24, 2.45) is 0 Å². The van der Waals surface area contributed by atoms with Crippen LogP contribution >= 0.6 is 11.3 Å². The van der Waals surface area contributed by atoms with Gasteiger partial charge in [0.05, 0.1) is 10.7 Å². The molecule has 2 N–H and O–H groups in total. The molecule has 0 spiro atoms. The Morgan fingerprint density at radius 2 is 2.12 bits per heavy atom. The molecule has 2 aromatic heterocycles. The molecule has 7 heteroatoms. The fourth-order valence-electron chi connectivity index (χ4n) is 3.04. The number of pyridine rings is 1. The zero-order valence-electron chi connectivity index (χ0n) is 14.5. The van der Waals surface area contributed by atoms with Crippen LogP contribution in [0, 0.1) is 0 Å². The van der Waals surface area contributed by atoms with E-state index in [1.807, 2.05) is 12.1 Å². The molecule has 0 aromatic carbocycles. The molecule has 0 saturated carbocycles. The summed E-state index contributed by atoms with van der Waals surface area (Å²) in [4.78, 5) is 21.2. The highest BCUT2D eigenvalue weighted by Crippen LogP contribution is 2.23. The molecule has 6 nitrogen and oxygen atoms in total. The highest BCUT2D eigenvalue weighted by molar-refractivity contribution is 7.09. The smallest absolute Gasteiger partial charge is 0.252 e. The van der Waals surface area contributed by atoms with E-state index < -0.39 is 5.60 Å². The summed E-state index contributed by atoms with van der Waals surface area (Å²) in [5.41, 5.74) is 1.40. The molecule has 1 aliphatic heterocycles. The first-order valence-corrected chi connectivity index (χ1v) is 9.50. The lowest BCUT2D eigenvalue weighted by atomic mass is 9.91. The number of carbonyl (C=O) groups is 1. The molecule has 1 saturated heterocycles. The lowest BCUT2D eigenvalue weighted by Crippen LogP contribution is -2.54. The molecule has 1 aliphatic rings. The maximum atomic E-state index is 12.5. The van der Waals surface area contributed by atoms with Gasteiger partial charge in [-0.1, -0.05) is 0 Å². The zero-order valence-corrected chi connectivity index (χ0v) is 15.3. The lowest BCUT2D eigenvalue weighted by Gasteiger charge is -2.34. The molecule has 1 amide bonds. The third-order valence-electron chi connectivity index (χ3n) is 4.60. The third-order valence-corrected chi connectivity index (χ3v) is 5.51. The van der Waals surface area contributed by atoms with Crippen molar-refractivity contribution in [2.75, 3.05) is 26.7 Å². The molecular formula is C18H24N4O2S. The summed E-state index contributed by atoms with van der Waals surface area (Å²) in [6.45, 7) is 2.28. The van der Waals surface area contributed by atoms with E-state index in [0.717, 1.165) is 55.0 Å². The summed E-state index contributed by atoms with van der Waals surface area (Å²) in [6.07, 6.45) is 6.71. The second-order valence-electron chi connectivity index (χ2n) is 6.17. The molecule has 134 valence electrons. The van der Waals surface area contributed by atoms with Crippen LogP contribution in [0.25, 0.3) is 11.3 Å². The van der Waals surface area contributed by atoms with Crippen molar-refractivity contribution in [3.63, 3.8) is 0 Å². The van der Waals surface area contributed by atoms with Gasteiger partial charge in [0.2, 0.25) is 0 Å². The van der Waals surface area contributed by atoms with Gasteiger partial charge >= 0.3 is 0 Å². The topological polar surface area (TPSA) is 76.1 Å². The SMILES string of the molecule is COC1(C(=O)NCCCc2nc(-c3ccncc3)cs2)CCNCC1. The number of hydrogen-bond acceptors (Lipinski definition) is 6. The van der Waals surface area contributed by atoms with Gasteiger partial charge in [-0.05, 0) is 44.5 Å². The minimum Gasteiger partial charge on any atom is -0.368 e. The molecule has 1 fully saturated rings. The van der Waals surface area contributed by atoms with Crippen LogP contribution in [0.4, 0.5) is 0 Å². The van der Waals surface area contributed by atoms with Gasteiger partial charge in [0.15, 0.2) is 0 Å². The van der Waals surface area contributed by atoms with Crippen molar-refractivity contribution in [1.82, 2.24) is 20.6 Å². The number of nitrogens with one attached hydrogen (secondary N) is 2. The van der Waals surface area contributed by atoms with Crippen LogP contribution in [0.15, 0.2) is 29.9 Å². The number of aryl methyl sites for hydroxylation is 1. The van der Waals surface area contributed by atoms with Gasteiger partial charge in [0, 0.05) is 43.4 Å². The van der Waals surface area contributed by atoms with E-state index in [9.17, 15) is 4.79 Å². The van der Waals surface area contributed by atoms with Gasteiger partial charge < -0.3 is 15.4 Å². The molecule has 3 rings (SSSR count). The van der Waals surface area contributed by atoms with Crippen molar-refractivity contribution in [3.8, 4) is 11.3 Å². The molecular weight excluding hydrogens is 336 g/mol. The molecule has 0 bridgehead atoms. The second kappa shape index (κ2) is 8.51. The first-order chi connectivity index (χ1) is 12.2. The quantitative estimate of drug-likeness (QED) is 0.739. The van der Waals surface area contributed by atoms with Crippen molar-refractivity contribution >= 4 is 17.2 Å². The first-order valence-electron chi connectivity index (χ1n) is 8.62. The maximum Gasteiger partial charge on any atom is 0.252 e. The number of piperidine rings is 1. The van der Waals surface area contributed by atoms with E-state index in [1.165, 1.54) is 0 Å². The number of nitrogens with zero attached hydrogens (tertiary/aromatic N) is 2. The Morgan fingerprint density at radius 1 is 1.36 bits per heavy atom. The summed E-state index contributed by atoms with van der Waals surface area (Å²) < 4.78 is 5.54. The fourth-order valence-corrected chi connectivity index (χ4v) is 3.89. The van der Waals surface area contributed by atoms with E-state index in [4.69, 9.17) is 4.74 Å². The predicted octanol–water partition coefficient (Wildman–Crippen LogP) is 2.02. The maximum absolute atomic E-state index is 12.5. The molecule has 2 aromatic rings. The number of methoxy groups -OCH3 is 1. The highest BCUT2D eigenvalue weighted by Gasteiger charge is 2.39. The monoisotopic (exact) mass is 360 g/mol. The van der Waals surface area contributed by atoms with Crippen LogP contribution in [0.2, 0.25) is 0 Å². The number of rotatable bonds is 7. The Labute approximate surface area is 152 Å². The molecule has 25 heavy (non-hydrogen) atoms. The number of carbonyl (C=O) groups excluding carboxylic acids is 1. The van der Waals surface area contributed by atoms with Gasteiger partial charge in [-0.15, -0.1) is 11.3 Å². The number of aromatic nitrogens is 2. The van der Waals surface area contributed by atoms with Gasteiger partial charge in [0.25, 0.3) is 5.91 Å².